The van der Waals surface area contributed by atoms with Crippen LogP contribution in [-0.2, 0) is 9.59 Å². The molecule has 180 valence electrons. The maximum atomic E-state index is 13.2. The van der Waals surface area contributed by atoms with E-state index < -0.39 is 17.7 Å². The number of hydrogen-bond acceptors (Lipinski definition) is 5. The number of nitrogens with zero attached hydrogens (tertiary/aromatic N) is 2. The normalized spacial score (nSPS) is 16.2. The lowest BCUT2D eigenvalue weighted by Crippen LogP contribution is -2.34. The predicted octanol–water partition coefficient (Wildman–Crippen LogP) is 4.80. The summed E-state index contributed by atoms with van der Waals surface area (Å²) in [4.78, 5) is 30.2. The van der Waals surface area contributed by atoms with Gasteiger partial charge in [0, 0.05) is 6.54 Å². The Labute approximate surface area is 202 Å². The van der Waals surface area contributed by atoms with Gasteiger partial charge < -0.3 is 19.6 Å². The summed E-state index contributed by atoms with van der Waals surface area (Å²) in [6.45, 7) is 9.83. The second kappa shape index (κ2) is 12.2. The first-order valence-corrected chi connectivity index (χ1v) is 12.0. The highest BCUT2D eigenvalue weighted by Crippen LogP contribution is 2.38. The third-order valence-corrected chi connectivity index (χ3v) is 6.07. The van der Waals surface area contributed by atoms with Gasteiger partial charge in [-0.25, -0.2) is 0 Å². The number of allylic oxidation sites excluding steroid dienone is 1. The molecule has 1 amide bonds. The first-order chi connectivity index (χ1) is 16.5. The highest BCUT2D eigenvalue weighted by atomic mass is 16.5. The Morgan fingerprint density at radius 3 is 2.35 bits per heavy atom. The van der Waals surface area contributed by atoms with Gasteiger partial charge in [0.05, 0.1) is 18.2 Å². The van der Waals surface area contributed by atoms with Crippen LogP contribution in [-0.4, -0.2) is 59.4 Å². The molecule has 0 spiro atoms. The van der Waals surface area contributed by atoms with Gasteiger partial charge in [0.1, 0.15) is 5.75 Å². The average Bonchev–Trinajstić information content (AvgIpc) is 3.11. The van der Waals surface area contributed by atoms with Crippen molar-refractivity contribution in [3.05, 3.63) is 83.1 Å². The van der Waals surface area contributed by atoms with E-state index >= 15 is 0 Å². The van der Waals surface area contributed by atoms with Gasteiger partial charge in [-0.2, -0.15) is 0 Å². The van der Waals surface area contributed by atoms with Crippen molar-refractivity contribution < 1.29 is 19.4 Å². The number of carbonyl (C=O) groups excluding carboxylic acids is 2. The largest absolute Gasteiger partial charge is 0.503 e. The van der Waals surface area contributed by atoms with E-state index in [2.05, 4.69) is 18.7 Å². The van der Waals surface area contributed by atoms with Crippen LogP contribution in [0, 0.1) is 0 Å². The van der Waals surface area contributed by atoms with E-state index in [1.807, 2.05) is 61.5 Å². The van der Waals surface area contributed by atoms with Gasteiger partial charge in [0.25, 0.3) is 5.91 Å². The summed E-state index contributed by atoms with van der Waals surface area (Å²) in [5.41, 5.74) is 1.75. The fraction of sp³-hybridized carbons (Fsp3) is 0.357. The lowest BCUT2D eigenvalue weighted by atomic mass is 9.95. The topological polar surface area (TPSA) is 70.1 Å². The number of ether oxygens (including phenoxy) is 1. The highest BCUT2D eigenvalue weighted by molar-refractivity contribution is 6.14. The number of benzene rings is 2. The van der Waals surface area contributed by atoms with Gasteiger partial charge in [0.15, 0.2) is 11.5 Å². The molecule has 0 fully saturated rings. The van der Waals surface area contributed by atoms with E-state index in [9.17, 15) is 14.7 Å². The van der Waals surface area contributed by atoms with Gasteiger partial charge in [-0.15, -0.1) is 0 Å². The van der Waals surface area contributed by atoms with Crippen LogP contribution in [0.2, 0.25) is 0 Å². The number of rotatable bonds is 12. The molecule has 0 radical (unpaired) electrons. The fourth-order valence-corrected chi connectivity index (χ4v) is 4.23. The molecule has 0 aliphatic carbocycles. The van der Waals surface area contributed by atoms with Gasteiger partial charge in [-0.1, -0.05) is 62.4 Å². The second-order valence-electron chi connectivity index (χ2n) is 8.15. The lowest BCUT2D eigenvalue weighted by Gasteiger charge is -2.28. The van der Waals surface area contributed by atoms with Gasteiger partial charge >= 0.3 is 0 Å². The molecule has 0 aromatic heterocycles. The number of aliphatic hydroxyl groups excluding tert-OH is 1. The molecule has 6 heteroatoms. The SMILES string of the molecule is CCOc1ccc(C2C(C(=O)/C=C/c3ccccc3)=C(O)C(=O)N2CCCN(CC)CC)cc1. The molecule has 0 saturated carbocycles. The highest BCUT2D eigenvalue weighted by Gasteiger charge is 2.42. The summed E-state index contributed by atoms with van der Waals surface area (Å²) < 4.78 is 5.54. The molecule has 3 rings (SSSR count). The van der Waals surface area contributed by atoms with Crippen LogP contribution in [0.5, 0.6) is 5.75 Å². The van der Waals surface area contributed by atoms with E-state index in [4.69, 9.17) is 4.74 Å². The maximum Gasteiger partial charge on any atom is 0.290 e. The van der Waals surface area contributed by atoms with E-state index in [1.54, 1.807) is 11.0 Å². The van der Waals surface area contributed by atoms with Crippen molar-refractivity contribution in [2.45, 2.75) is 33.2 Å². The van der Waals surface area contributed by atoms with Crippen molar-refractivity contribution in [1.82, 2.24) is 9.80 Å². The molecular weight excluding hydrogens is 428 g/mol. The Bertz CT molecular complexity index is 1020. The molecule has 2 aromatic rings. The molecule has 0 saturated heterocycles. The maximum absolute atomic E-state index is 13.2. The molecule has 1 atom stereocenters. The van der Waals surface area contributed by atoms with Crippen molar-refractivity contribution in [2.24, 2.45) is 0 Å². The molecule has 2 aromatic carbocycles. The molecule has 1 heterocycles. The van der Waals surface area contributed by atoms with E-state index in [-0.39, 0.29) is 11.4 Å². The summed E-state index contributed by atoms with van der Waals surface area (Å²) in [7, 11) is 0. The smallest absolute Gasteiger partial charge is 0.290 e. The zero-order chi connectivity index (χ0) is 24.5. The van der Waals surface area contributed by atoms with E-state index in [1.165, 1.54) is 6.08 Å². The summed E-state index contributed by atoms with van der Waals surface area (Å²) >= 11 is 0. The molecule has 0 bridgehead atoms. The minimum atomic E-state index is -0.646. The standard InChI is InChI=1S/C28H34N2O4/c1-4-29(5-2)19-10-20-30-26(22-14-16-23(17-15-22)34-6-3)25(27(32)28(30)33)24(31)18-13-21-11-8-7-9-12-21/h7-9,11-18,26,32H,4-6,10,19-20H2,1-3H3/b18-13+. The number of amides is 1. The third kappa shape index (κ3) is 5.94. The second-order valence-corrected chi connectivity index (χ2v) is 8.15. The molecule has 1 aliphatic heterocycles. The van der Waals surface area contributed by atoms with Crippen LogP contribution in [0.15, 0.2) is 72.0 Å². The van der Waals surface area contributed by atoms with Crippen molar-refractivity contribution in [1.29, 1.82) is 0 Å². The van der Waals surface area contributed by atoms with Crippen LogP contribution in [0.1, 0.15) is 44.4 Å². The number of aliphatic hydroxyl groups is 1. The third-order valence-electron chi connectivity index (χ3n) is 6.07. The summed E-state index contributed by atoms with van der Waals surface area (Å²) in [5, 5.41) is 10.8. The van der Waals surface area contributed by atoms with Crippen molar-refractivity contribution in [3.8, 4) is 5.75 Å². The molecule has 1 aliphatic rings. The monoisotopic (exact) mass is 462 g/mol. The van der Waals surface area contributed by atoms with Crippen molar-refractivity contribution in [2.75, 3.05) is 32.8 Å². The first kappa shape index (κ1) is 25.2. The first-order valence-electron chi connectivity index (χ1n) is 12.0. The minimum absolute atomic E-state index is 0.115. The van der Waals surface area contributed by atoms with Crippen LogP contribution in [0.3, 0.4) is 0 Å². The van der Waals surface area contributed by atoms with Crippen molar-refractivity contribution >= 4 is 17.8 Å². The summed E-state index contributed by atoms with van der Waals surface area (Å²) in [6, 6.07) is 16.2. The predicted molar refractivity (Wildman–Crippen MR) is 135 cm³/mol. The lowest BCUT2D eigenvalue weighted by molar-refractivity contribution is -0.129. The Morgan fingerprint density at radius 1 is 1.06 bits per heavy atom. The summed E-state index contributed by atoms with van der Waals surface area (Å²) in [5.74, 6) is -0.632. The quantitative estimate of drug-likeness (QED) is 0.459. The fourth-order valence-electron chi connectivity index (χ4n) is 4.23. The Balaban J connectivity index is 1.90. The Hall–Kier alpha value is -3.38. The van der Waals surface area contributed by atoms with Crippen LogP contribution >= 0.6 is 0 Å². The Morgan fingerprint density at radius 2 is 1.74 bits per heavy atom. The zero-order valence-corrected chi connectivity index (χ0v) is 20.2. The van der Waals surface area contributed by atoms with Crippen molar-refractivity contribution in [3.63, 3.8) is 0 Å². The zero-order valence-electron chi connectivity index (χ0n) is 20.2. The van der Waals surface area contributed by atoms with Crippen LogP contribution < -0.4 is 4.74 Å². The van der Waals surface area contributed by atoms with E-state index in [0.29, 0.717) is 18.9 Å². The molecular formula is C28H34N2O4. The number of hydrogen-bond donors (Lipinski definition) is 1. The molecule has 34 heavy (non-hydrogen) atoms. The summed E-state index contributed by atoms with van der Waals surface area (Å²) in [6.07, 6.45) is 3.87. The minimum Gasteiger partial charge on any atom is -0.503 e. The van der Waals surface area contributed by atoms with Gasteiger partial charge in [0.2, 0.25) is 0 Å². The molecule has 1 unspecified atom stereocenters. The van der Waals surface area contributed by atoms with Crippen LogP contribution in [0.4, 0.5) is 0 Å². The number of ketones is 1. The molecule has 6 nitrogen and oxygen atoms in total. The Kier molecular flexibility index (Phi) is 9.05. The van der Waals surface area contributed by atoms with Crippen LogP contribution in [0.25, 0.3) is 6.08 Å². The number of carbonyl (C=O) groups is 2. The average molecular weight is 463 g/mol. The van der Waals surface area contributed by atoms with Gasteiger partial charge in [-0.05, 0) is 62.3 Å². The van der Waals surface area contributed by atoms with E-state index in [0.717, 1.165) is 37.2 Å². The molecule has 1 N–H and O–H groups in total. The van der Waals surface area contributed by atoms with Gasteiger partial charge in [-0.3, -0.25) is 9.59 Å².